The number of rotatable bonds is 5. The van der Waals surface area contributed by atoms with E-state index in [2.05, 4.69) is 16.4 Å². The molecule has 2 aliphatic rings. The maximum atomic E-state index is 11.4. The molecule has 6 nitrogen and oxygen atoms in total. The fraction of sp³-hybridized carbons (Fsp3) is 0.231. The average Bonchev–Trinajstić information content (AvgIpc) is 2.75. The number of carbonyl (C=O) groups is 1. The van der Waals surface area contributed by atoms with E-state index in [-0.39, 0.29) is 5.75 Å². The van der Waals surface area contributed by atoms with Crippen molar-refractivity contribution in [2.75, 3.05) is 18.4 Å². The lowest BCUT2D eigenvalue weighted by atomic mass is 9.91. The summed E-state index contributed by atoms with van der Waals surface area (Å²) in [5.74, 6) is 0.962. The SMILES string of the molecule is CC/N=c1/cc2oc3cc(NCC)c(C)cc3c(-c3ccccc3OC(=O)O)c-2cc1C. The maximum absolute atomic E-state index is 11.4. The minimum absolute atomic E-state index is 0.280. The summed E-state index contributed by atoms with van der Waals surface area (Å²) in [6, 6.07) is 15.2. The molecule has 0 aromatic heterocycles. The lowest BCUT2D eigenvalue weighted by Gasteiger charge is -2.19. The number of aryl methyl sites for hydroxylation is 2. The topological polar surface area (TPSA) is 84.1 Å². The van der Waals surface area contributed by atoms with Gasteiger partial charge in [-0.2, -0.15) is 0 Å². The Hall–Kier alpha value is -3.80. The first-order valence-corrected chi connectivity index (χ1v) is 10.7. The first-order valence-electron chi connectivity index (χ1n) is 10.7. The maximum Gasteiger partial charge on any atom is 0.511 e. The van der Waals surface area contributed by atoms with Crippen molar-refractivity contribution in [3.05, 3.63) is 65.0 Å². The Bertz CT molecular complexity index is 1350. The summed E-state index contributed by atoms with van der Waals surface area (Å²) in [6.07, 6.45) is -1.35. The molecule has 6 heteroatoms. The third kappa shape index (κ3) is 3.91. The normalized spacial score (nSPS) is 11.8. The van der Waals surface area contributed by atoms with Crippen LogP contribution in [0.2, 0.25) is 0 Å². The molecule has 2 aromatic rings. The van der Waals surface area contributed by atoms with E-state index in [0.29, 0.717) is 23.5 Å². The fourth-order valence-electron chi connectivity index (χ4n) is 4.06. The molecule has 0 atom stereocenters. The van der Waals surface area contributed by atoms with E-state index in [9.17, 15) is 9.90 Å². The Morgan fingerprint density at radius 3 is 2.56 bits per heavy atom. The van der Waals surface area contributed by atoms with E-state index in [1.165, 1.54) is 0 Å². The molecule has 1 aliphatic heterocycles. The number of carboxylic acid groups (broad SMARTS) is 1. The second-order valence-corrected chi connectivity index (χ2v) is 7.64. The Morgan fingerprint density at radius 2 is 1.84 bits per heavy atom. The Morgan fingerprint density at radius 1 is 1.06 bits per heavy atom. The average molecular weight is 431 g/mol. The number of nitrogens with one attached hydrogen (secondary N) is 1. The van der Waals surface area contributed by atoms with Crippen molar-refractivity contribution in [1.82, 2.24) is 0 Å². The van der Waals surface area contributed by atoms with E-state index in [0.717, 1.165) is 45.2 Å². The summed E-state index contributed by atoms with van der Waals surface area (Å²) in [7, 11) is 0. The predicted octanol–water partition coefficient (Wildman–Crippen LogP) is 6.23. The Labute approximate surface area is 186 Å². The van der Waals surface area contributed by atoms with Crippen molar-refractivity contribution in [3.8, 4) is 28.2 Å². The molecule has 1 aliphatic carbocycles. The molecule has 164 valence electrons. The minimum atomic E-state index is -1.35. The van der Waals surface area contributed by atoms with Gasteiger partial charge in [-0.1, -0.05) is 18.2 Å². The number of nitrogens with zero attached hydrogens (tertiary/aromatic N) is 1. The van der Waals surface area contributed by atoms with Crippen molar-refractivity contribution >= 4 is 22.8 Å². The molecular formula is C26H26N2O4. The van der Waals surface area contributed by atoms with Gasteiger partial charge in [0.25, 0.3) is 0 Å². The first-order chi connectivity index (χ1) is 15.4. The number of fused-ring (bicyclic) bond motifs is 2. The van der Waals surface area contributed by atoms with E-state index in [4.69, 9.17) is 9.15 Å². The zero-order valence-electron chi connectivity index (χ0n) is 18.7. The second-order valence-electron chi connectivity index (χ2n) is 7.64. The van der Waals surface area contributed by atoms with Gasteiger partial charge in [-0.3, -0.25) is 4.99 Å². The smallest absolute Gasteiger partial charge is 0.456 e. The van der Waals surface area contributed by atoms with Crippen LogP contribution in [0.1, 0.15) is 25.0 Å². The summed E-state index contributed by atoms with van der Waals surface area (Å²) < 4.78 is 11.5. The molecule has 2 N–H and O–H groups in total. The van der Waals surface area contributed by atoms with Gasteiger partial charge in [0, 0.05) is 53.0 Å². The largest absolute Gasteiger partial charge is 0.511 e. The zero-order valence-corrected chi connectivity index (χ0v) is 18.7. The van der Waals surface area contributed by atoms with E-state index in [1.807, 2.05) is 58.0 Å². The number of ether oxygens (including phenoxy) is 1. The van der Waals surface area contributed by atoms with Crippen molar-refractivity contribution in [2.45, 2.75) is 27.7 Å². The van der Waals surface area contributed by atoms with Crippen LogP contribution >= 0.6 is 0 Å². The van der Waals surface area contributed by atoms with Crippen molar-refractivity contribution in [2.24, 2.45) is 4.99 Å². The van der Waals surface area contributed by atoms with Crippen LogP contribution in [0, 0.1) is 13.8 Å². The van der Waals surface area contributed by atoms with Crippen LogP contribution in [-0.4, -0.2) is 24.4 Å². The molecule has 0 bridgehead atoms. The van der Waals surface area contributed by atoms with Crippen molar-refractivity contribution < 1.29 is 19.1 Å². The molecule has 2 aromatic carbocycles. The highest BCUT2D eigenvalue weighted by molar-refractivity contribution is 6.04. The molecular weight excluding hydrogens is 404 g/mol. The second kappa shape index (κ2) is 8.75. The van der Waals surface area contributed by atoms with Crippen molar-refractivity contribution in [3.63, 3.8) is 0 Å². The third-order valence-electron chi connectivity index (χ3n) is 5.43. The minimum Gasteiger partial charge on any atom is -0.456 e. The Balaban J connectivity index is 2.16. The summed E-state index contributed by atoms with van der Waals surface area (Å²) in [4.78, 5) is 15.9. The fourth-order valence-corrected chi connectivity index (χ4v) is 4.06. The molecule has 4 rings (SSSR count). The van der Waals surface area contributed by atoms with Crippen LogP contribution in [-0.2, 0) is 0 Å². The van der Waals surface area contributed by atoms with Gasteiger partial charge in [0.15, 0.2) is 0 Å². The highest BCUT2D eigenvalue weighted by Crippen LogP contribution is 2.44. The lowest BCUT2D eigenvalue weighted by molar-refractivity contribution is 0.144. The van der Waals surface area contributed by atoms with E-state index in [1.54, 1.807) is 12.1 Å². The third-order valence-corrected chi connectivity index (χ3v) is 5.43. The molecule has 1 heterocycles. The van der Waals surface area contributed by atoms with Gasteiger partial charge in [0.2, 0.25) is 0 Å². The monoisotopic (exact) mass is 430 g/mol. The van der Waals surface area contributed by atoms with Gasteiger partial charge in [-0.15, -0.1) is 0 Å². The predicted molar refractivity (Wildman–Crippen MR) is 127 cm³/mol. The zero-order chi connectivity index (χ0) is 22.8. The molecule has 0 saturated heterocycles. The molecule has 0 unspecified atom stereocenters. The highest BCUT2D eigenvalue weighted by Gasteiger charge is 2.22. The molecule has 0 radical (unpaired) electrons. The van der Waals surface area contributed by atoms with Gasteiger partial charge in [-0.25, -0.2) is 4.79 Å². The molecule has 0 saturated carbocycles. The summed E-state index contributed by atoms with van der Waals surface area (Å²) in [6.45, 7) is 9.57. The number of para-hydroxylation sites is 1. The quantitative estimate of drug-likeness (QED) is 0.223. The molecule has 0 fully saturated rings. The number of hydrogen-bond donors (Lipinski definition) is 2. The van der Waals surface area contributed by atoms with Crippen LogP contribution in [0.5, 0.6) is 5.75 Å². The van der Waals surface area contributed by atoms with Gasteiger partial charge < -0.3 is 19.6 Å². The lowest BCUT2D eigenvalue weighted by Crippen LogP contribution is -2.09. The van der Waals surface area contributed by atoms with Gasteiger partial charge in [0.1, 0.15) is 17.1 Å². The van der Waals surface area contributed by atoms with E-state index < -0.39 is 6.16 Å². The number of anilines is 1. The van der Waals surface area contributed by atoms with Gasteiger partial charge in [0.05, 0.1) is 5.36 Å². The number of benzene rings is 3. The van der Waals surface area contributed by atoms with Crippen LogP contribution in [0.15, 0.2) is 57.9 Å². The van der Waals surface area contributed by atoms with Crippen LogP contribution in [0.25, 0.3) is 33.4 Å². The van der Waals surface area contributed by atoms with Gasteiger partial charge in [-0.05, 0) is 57.0 Å². The molecule has 0 spiro atoms. The summed E-state index contributed by atoms with van der Waals surface area (Å²) in [5, 5.41) is 14.4. The van der Waals surface area contributed by atoms with Crippen molar-refractivity contribution in [1.29, 1.82) is 0 Å². The molecule has 0 amide bonds. The summed E-state index contributed by atoms with van der Waals surface area (Å²) in [5.41, 5.74) is 6.22. The van der Waals surface area contributed by atoms with E-state index >= 15 is 0 Å². The highest BCUT2D eigenvalue weighted by atomic mass is 16.7. The first kappa shape index (κ1) is 21.4. The van der Waals surface area contributed by atoms with Crippen LogP contribution < -0.4 is 15.4 Å². The summed E-state index contributed by atoms with van der Waals surface area (Å²) >= 11 is 0. The van der Waals surface area contributed by atoms with Gasteiger partial charge >= 0.3 is 6.16 Å². The standard InChI is InChI=1S/C26H26N2O4/c1-5-27-20-13-23-18(11-15(20)3)25(17-9-7-8-10-22(17)32-26(29)30)19-12-16(4)21(28-6-2)14-24(19)31-23/h7-14,27H,5-6H2,1-4H3,(H,29,30)/b28-21-. The molecule has 32 heavy (non-hydrogen) atoms. The van der Waals surface area contributed by atoms with Crippen LogP contribution in [0.3, 0.4) is 0 Å². The Kier molecular flexibility index (Phi) is 5.86. The number of hydrogen-bond acceptors (Lipinski definition) is 5. The van der Waals surface area contributed by atoms with Crippen LogP contribution in [0.4, 0.5) is 10.5 Å².